The van der Waals surface area contributed by atoms with Crippen LogP contribution in [-0.2, 0) is 62.3 Å². The zero-order valence-electron chi connectivity index (χ0n) is 48.1. The van der Waals surface area contributed by atoms with E-state index in [0.29, 0.717) is 38.6 Å². The number of nitrogens with one attached hydrogen (secondary N) is 10. The van der Waals surface area contributed by atoms with Crippen molar-refractivity contribution in [2.75, 3.05) is 59.1 Å². The highest BCUT2D eigenvalue weighted by molar-refractivity contribution is 5.98. The fourth-order valence-electron chi connectivity index (χ4n) is 8.37. The molecule has 0 aromatic rings. The number of primary amides is 1. The minimum atomic E-state index is -1.70. The van der Waals surface area contributed by atoms with Gasteiger partial charge in [0, 0.05) is 26.1 Å². The average molecular weight is 1220 g/mol. The predicted octanol–water partition coefficient (Wildman–Crippen LogP) is -8.76. The minimum absolute atomic E-state index is 0.000641. The maximum absolute atomic E-state index is 14.1. The first-order valence-corrected chi connectivity index (χ1v) is 28.0. The van der Waals surface area contributed by atoms with E-state index in [1.807, 2.05) is 0 Å². The van der Waals surface area contributed by atoms with Crippen LogP contribution in [0.3, 0.4) is 0 Å². The molecular formula is C50H89FN18O16. The molecule has 85 heavy (non-hydrogen) atoms. The Morgan fingerprint density at radius 2 is 1.14 bits per heavy atom. The van der Waals surface area contributed by atoms with Crippen LogP contribution in [-0.4, -0.2) is 223 Å². The van der Waals surface area contributed by atoms with Gasteiger partial charge < -0.3 is 108 Å². The standard InChI is InChI=1S/C50H89FN18O16/c1-27(48(83)69-22-10-15-35(69)46(81)65-32(14-9-21-59-50(56)57)43(78)64-31(12-4-7-19-53)44(79)66-33(49(84)85)16-17-36(55)72)62-42(77)30(13-5-8-20-58-37(73)23-51)63-39(75)25-60-38(74)24-61-47(82)40(28(2)71)68-45(80)34(26-70)67-41(76)29(54)11-3-6-18-52/h27-35,40,70-71H,3-26,52-54H2,1-2H3,(H2,55,72)(H,58,73)(H,60,74)(H,61,82)(H,62,77)(H,63,75)(H,64,78)(H,65,81)(H,66,79)(H,67,76)(H,68,80)(H,84,85)(H4,56,57,59)/t27-,28+,29-,30-,31-,32-,33-,34-,35-,40-/m0/s1. The molecule has 0 aromatic carbocycles. The van der Waals surface area contributed by atoms with Gasteiger partial charge in [0.25, 0.3) is 5.91 Å². The second-order valence-electron chi connectivity index (χ2n) is 20.1. The first-order chi connectivity index (χ1) is 40.2. The molecule has 35 heteroatoms. The second-order valence-corrected chi connectivity index (χ2v) is 20.1. The Morgan fingerprint density at radius 3 is 1.72 bits per heavy atom. The number of aliphatic carboxylic acids is 1. The summed E-state index contributed by atoms with van der Waals surface area (Å²) < 4.78 is 12.7. The molecule has 0 aromatic heterocycles. The Hall–Kier alpha value is -7.89. The lowest BCUT2D eigenvalue weighted by atomic mass is 10.0. The molecule has 25 N–H and O–H groups in total. The first-order valence-electron chi connectivity index (χ1n) is 28.0. The summed E-state index contributed by atoms with van der Waals surface area (Å²) in [5.41, 5.74) is 33.0. The number of carboxylic acids is 1. The lowest BCUT2D eigenvalue weighted by molar-refractivity contribution is -0.143. The van der Waals surface area contributed by atoms with E-state index in [2.05, 4.69) is 58.2 Å². The van der Waals surface area contributed by atoms with E-state index in [9.17, 15) is 82.0 Å². The molecule has 1 heterocycles. The first kappa shape index (κ1) is 75.1. The number of likely N-dealkylation sites (tertiary alicyclic amines) is 1. The zero-order chi connectivity index (χ0) is 64.2. The number of amides is 12. The Kier molecular flexibility index (Phi) is 36.4. The highest BCUT2D eigenvalue weighted by Crippen LogP contribution is 2.20. The number of rotatable bonds is 43. The largest absolute Gasteiger partial charge is 0.480 e. The van der Waals surface area contributed by atoms with E-state index < -0.39 is 164 Å². The van der Waals surface area contributed by atoms with E-state index in [0.717, 1.165) is 6.92 Å². The van der Waals surface area contributed by atoms with Crippen molar-refractivity contribution in [1.29, 1.82) is 0 Å². The molecule has 1 fully saturated rings. The molecule has 12 amide bonds. The summed E-state index contributed by atoms with van der Waals surface area (Å²) in [4.78, 5) is 174. The third-order valence-corrected chi connectivity index (χ3v) is 13.1. The van der Waals surface area contributed by atoms with Crippen LogP contribution in [0.25, 0.3) is 0 Å². The third-order valence-electron chi connectivity index (χ3n) is 13.1. The molecule has 482 valence electrons. The smallest absolute Gasteiger partial charge is 0.326 e. The van der Waals surface area contributed by atoms with Gasteiger partial charge in [-0.05, 0) is 110 Å². The molecule has 0 spiro atoms. The summed E-state index contributed by atoms with van der Waals surface area (Å²) in [5, 5.41) is 53.4. The van der Waals surface area contributed by atoms with Gasteiger partial charge in [-0.3, -0.25) is 62.5 Å². The fraction of sp³-hybridized carbons (Fsp3) is 0.720. The Morgan fingerprint density at radius 1 is 0.600 bits per heavy atom. The number of aliphatic hydroxyl groups is 2. The van der Waals surface area contributed by atoms with Crippen LogP contribution in [0, 0.1) is 0 Å². The summed E-state index contributed by atoms with van der Waals surface area (Å²) in [6, 6.07) is -12.5. The summed E-state index contributed by atoms with van der Waals surface area (Å²) in [7, 11) is 0. The molecule has 1 aliphatic rings. The molecule has 10 atom stereocenters. The van der Waals surface area contributed by atoms with Crippen LogP contribution >= 0.6 is 0 Å². The van der Waals surface area contributed by atoms with E-state index in [1.165, 1.54) is 11.8 Å². The number of hydrogen-bond acceptors (Lipinski definition) is 19. The second kappa shape index (κ2) is 41.2. The number of aliphatic imine (C=N–C) groups is 1. The number of hydrogen-bond donors (Lipinski definition) is 19. The van der Waals surface area contributed by atoms with Crippen molar-refractivity contribution in [3.63, 3.8) is 0 Å². The predicted molar refractivity (Wildman–Crippen MR) is 301 cm³/mol. The quantitative estimate of drug-likeness (QED) is 0.0153. The van der Waals surface area contributed by atoms with E-state index in [4.69, 9.17) is 34.4 Å². The topological polar surface area (TPSA) is 575 Å². The highest BCUT2D eigenvalue weighted by Gasteiger charge is 2.39. The SMILES string of the molecule is C[C@H](NC(=O)[C@H](CCCCNC(=O)CF)NC(=O)CNC(=O)CNC(=O)[C@@H](NC(=O)[C@H](CO)NC(=O)[C@@H](N)CCCCN)[C@@H](C)O)C(=O)N1CCC[C@H]1C(=O)N[C@@H](CCCN=C(N)N)C(=O)N[C@@H](CCCCN)C(=O)N[C@@H](CCC(N)=O)C(=O)O. The Bertz CT molecular complexity index is 2280. The highest BCUT2D eigenvalue weighted by atomic mass is 19.1. The van der Waals surface area contributed by atoms with E-state index in [1.54, 1.807) is 0 Å². The normalized spacial score (nSPS) is 15.9. The minimum Gasteiger partial charge on any atom is -0.480 e. The van der Waals surface area contributed by atoms with Crippen LogP contribution < -0.4 is 87.6 Å². The summed E-state index contributed by atoms with van der Waals surface area (Å²) in [5.74, 6) is -12.4. The molecule has 0 radical (unpaired) electrons. The fourth-order valence-corrected chi connectivity index (χ4v) is 8.37. The summed E-state index contributed by atoms with van der Waals surface area (Å²) >= 11 is 0. The van der Waals surface area contributed by atoms with Gasteiger partial charge in [0.1, 0.15) is 48.3 Å². The van der Waals surface area contributed by atoms with Crippen LogP contribution in [0.5, 0.6) is 0 Å². The van der Waals surface area contributed by atoms with Crippen molar-refractivity contribution >= 4 is 82.8 Å². The molecule has 1 aliphatic heterocycles. The van der Waals surface area contributed by atoms with Gasteiger partial charge in [-0.25, -0.2) is 9.18 Å². The zero-order valence-corrected chi connectivity index (χ0v) is 48.1. The number of halogens is 1. The number of carbonyl (C=O) groups excluding carboxylic acids is 12. The molecule has 0 saturated carbocycles. The Balaban J connectivity index is 3.19. The summed E-state index contributed by atoms with van der Waals surface area (Å²) in [6.45, 7) is -0.655. The maximum Gasteiger partial charge on any atom is 0.326 e. The van der Waals surface area contributed by atoms with Crippen LogP contribution in [0.4, 0.5) is 4.39 Å². The van der Waals surface area contributed by atoms with Gasteiger partial charge in [0.15, 0.2) is 12.6 Å². The van der Waals surface area contributed by atoms with Crippen molar-refractivity contribution < 1.29 is 82.0 Å². The van der Waals surface area contributed by atoms with Crippen molar-refractivity contribution in [2.24, 2.45) is 39.4 Å². The van der Waals surface area contributed by atoms with Gasteiger partial charge in [-0.15, -0.1) is 0 Å². The van der Waals surface area contributed by atoms with Crippen molar-refractivity contribution in [3.05, 3.63) is 0 Å². The number of alkyl halides is 1. The van der Waals surface area contributed by atoms with Gasteiger partial charge in [-0.2, -0.15) is 0 Å². The number of carbonyl (C=O) groups is 13. The lowest BCUT2D eigenvalue weighted by Crippen LogP contribution is -2.59. The number of nitrogens with zero attached hydrogens (tertiary/aromatic N) is 2. The Labute approximate surface area is 490 Å². The van der Waals surface area contributed by atoms with Gasteiger partial charge in [0.2, 0.25) is 65.0 Å². The number of unbranched alkanes of at least 4 members (excludes halogenated alkanes) is 3. The number of carboxylic acid groups (broad SMARTS) is 1. The van der Waals surface area contributed by atoms with Gasteiger partial charge >= 0.3 is 5.97 Å². The number of guanidine groups is 1. The van der Waals surface area contributed by atoms with Gasteiger partial charge in [-0.1, -0.05) is 6.42 Å². The molecule has 0 unspecified atom stereocenters. The van der Waals surface area contributed by atoms with Crippen LogP contribution in [0.1, 0.15) is 110 Å². The molecular weight excluding hydrogens is 1130 g/mol. The monoisotopic (exact) mass is 1220 g/mol. The van der Waals surface area contributed by atoms with E-state index in [-0.39, 0.29) is 96.3 Å². The summed E-state index contributed by atoms with van der Waals surface area (Å²) in [6.07, 6.45) is 0.482. The molecule has 34 nitrogen and oxygen atoms in total. The number of aliphatic hydroxyl groups excluding tert-OH is 2. The molecule has 0 aliphatic carbocycles. The third kappa shape index (κ3) is 30.0. The van der Waals surface area contributed by atoms with Gasteiger partial charge in [0.05, 0.1) is 31.8 Å². The maximum atomic E-state index is 14.1. The molecule has 0 bridgehead atoms. The number of nitrogens with two attached hydrogens (primary N) is 6. The van der Waals surface area contributed by atoms with Crippen LogP contribution in [0.15, 0.2) is 4.99 Å². The van der Waals surface area contributed by atoms with Crippen LogP contribution in [0.2, 0.25) is 0 Å². The molecule has 1 rings (SSSR count). The molecule has 1 saturated heterocycles. The van der Waals surface area contributed by atoms with Crippen molar-refractivity contribution in [2.45, 2.75) is 171 Å². The van der Waals surface area contributed by atoms with Crippen molar-refractivity contribution in [1.82, 2.24) is 58.1 Å². The van der Waals surface area contributed by atoms with E-state index >= 15 is 0 Å². The van der Waals surface area contributed by atoms with Crippen molar-refractivity contribution in [3.8, 4) is 0 Å². The lowest BCUT2D eigenvalue weighted by Gasteiger charge is -2.30. The average Bonchev–Trinajstić information content (AvgIpc) is 4.23.